The van der Waals surface area contributed by atoms with E-state index in [9.17, 15) is 0 Å². The molecule has 5 heteroatoms. The second-order valence-electron chi connectivity index (χ2n) is 11.4. The highest BCUT2D eigenvalue weighted by Gasteiger charge is 2.19. The quantitative estimate of drug-likeness (QED) is 0.199. The molecule has 0 aliphatic rings. The van der Waals surface area contributed by atoms with Gasteiger partial charge < -0.3 is 4.57 Å². The molecule has 0 radical (unpaired) electrons. The lowest BCUT2D eigenvalue weighted by Crippen LogP contribution is -1.97. The summed E-state index contributed by atoms with van der Waals surface area (Å²) in [5, 5.41) is 7.46. The Morgan fingerprint density at radius 2 is 1.16 bits per heavy atom. The van der Waals surface area contributed by atoms with Crippen LogP contribution in [0.4, 0.5) is 0 Å². The van der Waals surface area contributed by atoms with E-state index in [2.05, 4.69) is 144 Å². The zero-order chi connectivity index (χ0) is 29.5. The van der Waals surface area contributed by atoms with Crippen LogP contribution in [0.3, 0.4) is 0 Å². The molecule has 0 aliphatic heterocycles. The van der Waals surface area contributed by atoms with E-state index in [1.54, 1.807) is 11.3 Å². The molecule has 0 saturated heterocycles. The van der Waals surface area contributed by atoms with Crippen LogP contribution in [0, 0.1) is 0 Å². The summed E-state index contributed by atoms with van der Waals surface area (Å²) in [5.74, 6) is 0.738. The van der Waals surface area contributed by atoms with Crippen molar-refractivity contribution >= 4 is 85.0 Å². The van der Waals surface area contributed by atoms with Crippen molar-refractivity contribution in [1.82, 2.24) is 14.5 Å². The van der Waals surface area contributed by atoms with E-state index in [-0.39, 0.29) is 0 Å². The molecule has 0 amide bonds. The SMILES string of the molecule is c1ccc(-c2nc(-c3cccc(-n4c5ccccc5c5cc6sc7ccccc7c6cc54)c3)nc3sc4ccccc4c23)cc1. The van der Waals surface area contributed by atoms with Crippen LogP contribution in [0.5, 0.6) is 0 Å². The lowest BCUT2D eigenvalue weighted by molar-refractivity contribution is 1.17. The van der Waals surface area contributed by atoms with Crippen LogP contribution >= 0.6 is 22.7 Å². The molecule has 0 spiro atoms. The Morgan fingerprint density at radius 1 is 0.444 bits per heavy atom. The maximum atomic E-state index is 5.27. The molecule has 4 aromatic heterocycles. The highest BCUT2D eigenvalue weighted by Crippen LogP contribution is 2.42. The third kappa shape index (κ3) is 3.75. The summed E-state index contributed by atoms with van der Waals surface area (Å²) in [6, 6.07) is 49.9. The summed E-state index contributed by atoms with van der Waals surface area (Å²) in [5.41, 5.74) is 6.56. The minimum atomic E-state index is 0.738. The van der Waals surface area contributed by atoms with Crippen LogP contribution in [0.15, 0.2) is 140 Å². The monoisotopic (exact) mass is 609 g/mol. The maximum Gasteiger partial charge on any atom is 0.161 e. The van der Waals surface area contributed by atoms with Gasteiger partial charge in [-0.15, -0.1) is 22.7 Å². The Labute approximate surface area is 266 Å². The minimum Gasteiger partial charge on any atom is -0.309 e. The van der Waals surface area contributed by atoms with Crippen LogP contribution in [0.2, 0.25) is 0 Å². The van der Waals surface area contributed by atoms with Crippen molar-refractivity contribution in [3.05, 3.63) is 140 Å². The van der Waals surface area contributed by atoms with Crippen molar-refractivity contribution in [2.45, 2.75) is 0 Å². The van der Waals surface area contributed by atoms with E-state index >= 15 is 0 Å². The number of nitrogens with zero attached hydrogens (tertiary/aromatic N) is 3. The number of aromatic nitrogens is 3. The standard InChI is InChI=1S/C40H23N3S2/c1-2-11-24(12-3-1)38-37-29-17-6-9-20-35(29)45-40(37)42-39(41-38)25-13-10-14-26(21-25)43-32-18-7-4-15-27(32)30-23-36-31(22-33(30)43)28-16-5-8-19-34(28)44-36/h1-23H. The molecule has 0 saturated carbocycles. The van der Waals surface area contributed by atoms with Crippen LogP contribution in [-0.4, -0.2) is 14.5 Å². The van der Waals surface area contributed by atoms with Crippen molar-refractivity contribution in [2.75, 3.05) is 0 Å². The van der Waals surface area contributed by atoms with Crippen LogP contribution in [-0.2, 0) is 0 Å². The predicted octanol–water partition coefficient (Wildman–Crippen LogP) is 11.6. The third-order valence-corrected chi connectivity index (χ3v) is 11.0. The summed E-state index contributed by atoms with van der Waals surface area (Å²) in [4.78, 5) is 11.5. The summed E-state index contributed by atoms with van der Waals surface area (Å²) in [6.07, 6.45) is 0. The van der Waals surface area contributed by atoms with Crippen molar-refractivity contribution in [2.24, 2.45) is 0 Å². The predicted molar refractivity (Wildman–Crippen MR) is 193 cm³/mol. The third-order valence-electron chi connectivity index (χ3n) is 8.82. The van der Waals surface area contributed by atoms with Crippen molar-refractivity contribution in [1.29, 1.82) is 0 Å². The molecular weight excluding hydrogens is 587 g/mol. The molecule has 0 aliphatic carbocycles. The van der Waals surface area contributed by atoms with Gasteiger partial charge in [0.15, 0.2) is 5.82 Å². The summed E-state index contributed by atoms with van der Waals surface area (Å²) in [7, 11) is 0. The van der Waals surface area contributed by atoms with Crippen molar-refractivity contribution in [3.8, 4) is 28.3 Å². The van der Waals surface area contributed by atoms with E-state index in [4.69, 9.17) is 9.97 Å². The van der Waals surface area contributed by atoms with Gasteiger partial charge in [0, 0.05) is 63.2 Å². The molecule has 0 bridgehead atoms. The number of benzene rings is 6. The maximum absolute atomic E-state index is 5.27. The molecule has 10 rings (SSSR count). The smallest absolute Gasteiger partial charge is 0.161 e. The molecule has 4 heterocycles. The van der Waals surface area contributed by atoms with E-state index in [1.807, 2.05) is 11.3 Å². The molecular formula is C40H23N3S2. The first-order chi connectivity index (χ1) is 22.3. The van der Waals surface area contributed by atoms with E-state index in [0.29, 0.717) is 0 Å². The fourth-order valence-electron chi connectivity index (χ4n) is 6.81. The van der Waals surface area contributed by atoms with Gasteiger partial charge in [0.1, 0.15) is 4.83 Å². The van der Waals surface area contributed by atoms with Gasteiger partial charge >= 0.3 is 0 Å². The summed E-state index contributed by atoms with van der Waals surface area (Å²) < 4.78 is 6.26. The number of para-hydroxylation sites is 1. The Balaban J connectivity index is 1.23. The number of hydrogen-bond donors (Lipinski definition) is 0. The van der Waals surface area contributed by atoms with E-state index in [0.717, 1.165) is 38.5 Å². The topological polar surface area (TPSA) is 30.7 Å². The molecule has 45 heavy (non-hydrogen) atoms. The van der Waals surface area contributed by atoms with Gasteiger partial charge in [-0.1, -0.05) is 97.1 Å². The summed E-state index contributed by atoms with van der Waals surface area (Å²) in [6.45, 7) is 0. The zero-order valence-electron chi connectivity index (χ0n) is 23.9. The second-order valence-corrected chi connectivity index (χ2v) is 13.5. The first-order valence-corrected chi connectivity index (χ1v) is 16.6. The minimum absolute atomic E-state index is 0.738. The molecule has 210 valence electrons. The van der Waals surface area contributed by atoms with Crippen molar-refractivity contribution < 1.29 is 0 Å². The molecule has 3 nitrogen and oxygen atoms in total. The van der Waals surface area contributed by atoms with Crippen molar-refractivity contribution in [3.63, 3.8) is 0 Å². The number of hydrogen-bond acceptors (Lipinski definition) is 4. The van der Waals surface area contributed by atoms with Crippen LogP contribution < -0.4 is 0 Å². The van der Waals surface area contributed by atoms with Gasteiger partial charge in [-0.3, -0.25) is 0 Å². The Morgan fingerprint density at radius 3 is 2.02 bits per heavy atom. The lowest BCUT2D eigenvalue weighted by atomic mass is 10.1. The Bertz CT molecular complexity index is 2770. The van der Waals surface area contributed by atoms with Gasteiger partial charge in [-0.2, -0.15) is 0 Å². The Hall–Kier alpha value is -5.36. The van der Waals surface area contributed by atoms with E-state index in [1.165, 1.54) is 52.1 Å². The average Bonchev–Trinajstić information content (AvgIpc) is 3.76. The molecule has 0 unspecified atom stereocenters. The van der Waals surface area contributed by atoms with Gasteiger partial charge in [0.05, 0.1) is 16.7 Å². The molecule has 10 aromatic rings. The largest absolute Gasteiger partial charge is 0.309 e. The van der Waals surface area contributed by atoms with Gasteiger partial charge in [-0.25, -0.2) is 9.97 Å². The average molecular weight is 610 g/mol. The number of thiophene rings is 2. The highest BCUT2D eigenvalue weighted by molar-refractivity contribution is 7.26. The number of rotatable bonds is 3. The van der Waals surface area contributed by atoms with E-state index < -0.39 is 0 Å². The summed E-state index contributed by atoms with van der Waals surface area (Å²) >= 11 is 3.60. The molecule has 6 aromatic carbocycles. The van der Waals surface area contributed by atoms with Gasteiger partial charge in [-0.05, 0) is 42.5 Å². The van der Waals surface area contributed by atoms with Gasteiger partial charge in [0.2, 0.25) is 0 Å². The highest BCUT2D eigenvalue weighted by atomic mass is 32.1. The van der Waals surface area contributed by atoms with Crippen LogP contribution in [0.25, 0.3) is 90.6 Å². The lowest BCUT2D eigenvalue weighted by Gasteiger charge is -2.11. The first kappa shape index (κ1) is 25.0. The first-order valence-electron chi connectivity index (χ1n) is 15.0. The molecule has 0 N–H and O–H groups in total. The fraction of sp³-hybridized carbons (Fsp3) is 0. The second kappa shape index (κ2) is 9.57. The fourth-order valence-corrected chi connectivity index (χ4v) is 9.01. The molecule has 0 fully saturated rings. The Kier molecular flexibility index (Phi) is 5.32. The zero-order valence-corrected chi connectivity index (χ0v) is 25.6. The van der Waals surface area contributed by atoms with Gasteiger partial charge in [0.25, 0.3) is 0 Å². The molecule has 0 atom stereocenters. The number of fused-ring (bicyclic) bond motifs is 9. The normalized spacial score (nSPS) is 12.0. The van der Waals surface area contributed by atoms with Crippen LogP contribution in [0.1, 0.15) is 0 Å².